The van der Waals surface area contributed by atoms with Crippen LogP contribution >= 0.6 is 0 Å². The molecule has 3 rings (SSSR count). The summed E-state index contributed by atoms with van der Waals surface area (Å²) < 4.78 is 19.9. The fraction of sp³-hybridized carbons (Fsp3) is 0.182. The molecule has 0 aliphatic heterocycles. The highest BCUT2D eigenvalue weighted by Crippen LogP contribution is 2.30. The molecule has 0 spiro atoms. The lowest BCUT2D eigenvalue weighted by Gasteiger charge is -2.09. The number of benzene rings is 3. The summed E-state index contributed by atoms with van der Waals surface area (Å²) in [5, 5.41) is 1.44. The maximum absolute atomic E-state index is 14.5. The second-order valence-electron chi connectivity index (χ2n) is 5.86. The minimum atomic E-state index is -0.320. The highest BCUT2D eigenvalue weighted by molar-refractivity contribution is 5.89. The molecule has 0 fully saturated rings. The Bertz CT molecular complexity index is 850. The number of hydrogen-bond acceptors (Lipinski definition) is 1. The number of rotatable bonds is 6. The van der Waals surface area contributed by atoms with Gasteiger partial charge in [0.1, 0.15) is 6.61 Å². The summed E-state index contributed by atoms with van der Waals surface area (Å²) in [6.07, 6.45) is 3.84. The van der Waals surface area contributed by atoms with E-state index in [2.05, 4.69) is 37.8 Å². The average Bonchev–Trinajstić information content (AvgIpc) is 2.62. The van der Waals surface area contributed by atoms with Crippen LogP contribution in [0.1, 0.15) is 18.9 Å². The minimum absolute atomic E-state index is 0.263. The van der Waals surface area contributed by atoms with Gasteiger partial charge in [-0.2, -0.15) is 0 Å². The van der Waals surface area contributed by atoms with Crippen molar-refractivity contribution in [3.8, 4) is 16.9 Å². The second-order valence-corrected chi connectivity index (χ2v) is 5.86. The van der Waals surface area contributed by atoms with E-state index in [1.165, 1.54) is 5.56 Å². The van der Waals surface area contributed by atoms with Crippen LogP contribution in [0.3, 0.4) is 0 Å². The Balaban J connectivity index is 1.95. The summed E-state index contributed by atoms with van der Waals surface area (Å²) in [7, 11) is 0. The van der Waals surface area contributed by atoms with Crippen molar-refractivity contribution in [3.63, 3.8) is 0 Å². The van der Waals surface area contributed by atoms with Crippen LogP contribution in [0.25, 0.3) is 21.9 Å². The van der Waals surface area contributed by atoms with Gasteiger partial charge in [-0.15, -0.1) is 0 Å². The van der Waals surface area contributed by atoms with Gasteiger partial charge < -0.3 is 4.74 Å². The molecule has 0 bridgehead atoms. The molecule has 0 amide bonds. The molecule has 0 atom stereocenters. The summed E-state index contributed by atoms with van der Waals surface area (Å²) in [5.74, 6) is -0.0572. The number of ether oxygens (including phenoxy) is 1. The van der Waals surface area contributed by atoms with Crippen LogP contribution in [0.15, 0.2) is 67.3 Å². The third-order valence-corrected chi connectivity index (χ3v) is 4.10. The Morgan fingerprint density at radius 3 is 2.46 bits per heavy atom. The van der Waals surface area contributed by atoms with Crippen molar-refractivity contribution < 1.29 is 9.13 Å². The summed E-state index contributed by atoms with van der Waals surface area (Å²) >= 11 is 0. The lowest BCUT2D eigenvalue weighted by molar-refractivity contribution is 0.344. The van der Waals surface area contributed by atoms with Gasteiger partial charge in [-0.25, -0.2) is 4.39 Å². The minimum Gasteiger partial charge on any atom is -0.486 e. The molecule has 24 heavy (non-hydrogen) atoms. The van der Waals surface area contributed by atoms with E-state index in [1.54, 1.807) is 12.1 Å². The van der Waals surface area contributed by atoms with Crippen LogP contribution in [-0.4, -0.2) is 6.61 Å². The van der Waals surface area contributed by atoms with Gasteiger partial charge in [0.2, 0.25) is 0 Å². The first-order chi connectivity index (χ1) is 11.7. The SMILES string of the molecule is C=CCOc1ccc2cc(-c3ccc(CCC)cc3)ccc2c1F. The number of fused-ring (bicyclic) bond motifs is 1. The van der Waals surface area contributed by atoms with Crippen LogP contribution in [0.4, 0.5) is 4.39 Å². The molecule has 1 nitrogen and oxygen atoms in total. The monoisotopic (exact) mass is 320 g/mol. The van der Waals surface area contributed by atoms with Crippen molar-refractivity contribution in [1.29, 1.82) is 0 Å². The van der Waals surface area contributed by atoms with Crippen molar-refractivity contribution >= 4 is 10.8 Å². The van der Waals surface area contributed by atoms with E-state index in [1.807, 2.05) is 24.3 Å². The van der Waals surface area contributed by atoms with Crippen LogP contribution in [0, 0.1) is 5.82 Å². The predicted molar refractivity (Wildman–Crippen MR) is 99.0 cm³/mol. The van der Waals surface area contributed by atoms with Crippen LogP contribution in [0.5, 0.6) is 5.75 Å². The topological polar surface area (TPSA) is 9.23 Å². The molecule has 2 heteroatoms. The summed E-state index contributed by atoms with van der Waals surface area (Å²) in [5.41, 5.74) is 3.57. The van der Waals surface area contributed by atoms with E-state index in [4.69, 9.17) is 4.74 Å². The van der Waals surface area contributed by atoms with Crippen LogP contribution in [0.2, 0.25) is 0 Å². The smallest absolute Gasteiger partial charge is 0.172 e. The first kappa shape index (κ1) is 16.3. The molecule has 0 unspecified atom stereocenters. The third kappa shape index (κ3) is 3.33. The summed E-state index contributed by atoms with van der Waals surface area (Å²) in [4.78, 5) is 0. The first-order valence-corrected chi connectivity index (χ1v) is 8.28. The number of hydrogen-bond donors (Lipinski definition) is 0. The normalized spacial score (nSPS) is 10.8. The second kappa shape index (κ2) is 7.31. The molecule has 3 aromatic rings. The van der Waals surface area contributed by atoms with Gasteiger partial charge in [0.25, 0.3) is 0 Å². The quantitative estimate of drug-likeness (QED) is 0.494. The van der Waals surface area contributed by atoms with E-state index < -0.39 is 0 Å². The van der Waals surface area contributed by atoms with E-state index >= 15 is 0 Å². The van der Waals surface area contributed by atoms with Crippen molar-refractivity contribution in [2.45, 2.75) is 19.8 Å². The highest BCUT2D eigenvalue weighted by atomic mass is 19.1. The van der Waals surface area contributed by atoms with Crippen molar-refractivity contribution in [2.24, 2.45) is 0 Å². The molecule has 0 aromatic heterocycles. The zero-order chi connectivity index (χ0) is 16.9. The molecule has 0 saturated carbocycles. The molecule has 0 heterocycles. The Morgan fingerprint density at radius 1 is 1.00 bits per heavy atom. The highest BCUT2D eigenvalue weighted by Gasteiger charge is 2.09. The maximum atomic E-state index is 14.5. The summed E-state index contributed by atoms with van der Waals surface area (Å²) in [6.45, 7) is 6.06. The van der Waals surface area contributed by atoms with Crippen LogP contribution < -0.4 is 4.74 Å². The molecule has 122 valence electrons. The molecular weight excluding hydrogens is 299 g/mol. The van der Waals surface area contributed by atoms with Gasteiger partial charge in [-0.05, 0) is 40.6 Å². The molecular formula is C22H21FO. The molecule has 0 radical (unpaired) electrons. The Morgan fingerprint density at radius 2 is 1.75 bits per heavy atom. The van der Waals surface area contributed by atoms with Gasteiger partial charge >= 0.3 is 0 Å². The lowest BCUT2D eigenvalue weighted by Crippen LogP contribution is -1.96. The molecule has 0 N–H and O–H groups in total. The molecule has 0 aliphatic rings. The third-order valence-electron chi connectivity index (χ3n) is 4.10. The van der Waals surface area contributed by atoms with E-state index in [0.717, 1.165) is 29.4 Å². The van der Waals surface area contributed by atoms with Gasteiger partial charge in [0, 0.05) is 5.39 Å². The van der Waals surface area contributed by atoms with Crippen molar-refractivity contribution in [1.82, 2.24) is 0 Å². The molecule has 0 aliphatic carbocycles. The van der Waals surface area contributed by atoms with E-state index in [9.17, 15) is 4.39 Å². The van der Waals surface area contributed by atoms with Gasteiger partial charge in [-0.3, -0.25) is 0 Å². The summed E-state index contributed by atoms with van der Waals surface area (Å²) in [6, 6.07) is 17.9. The predicted octanol–water partition coefficient (Wildman–Crippen LogP) is 6.16. The maximum Gasteiger partial charge on any atom is 0.172 e. The zero-order valence-corrected chi connectivity index (χ0v) is 13.9. The fourth-order valence-corrected chi connectivity index (χ4v) is 2.86. The van der Waals surface area contributed by atoms with E-state index in [0.29, 0.717) is 12.0 Å². The van der Waals surface area contributed by atoms with E-state index in [-0.39, 0.29) is 11.6 Å². The standard InChI is InChI=1S/C22H21FO/c1-3-5-16-6-8-17(9-7-16)18-10-12-20-19(15-18)11-13-21(22(20)23)24-14-4-2/h4,6-13,15H,2-3,5,14H2,1H3. The molecule has 3 aromatic carbocycles. The van der Waals surface area contributed by atoms with Gasteiger partial charge in [0.15, 0.2) is 11.6 Å². The fourth-order valence-electron chi connectivity index (χ4n) is 2.86. The van der Waals surface area contributed by atoms with Crippen molar-refractivity contribution in [2.75, 3.05) is 6.61 Å². The lowest BCUT2D eigenvalue weighted by atomic mass is 9.99. The van der Waals surface area contributed by atoms with Crippen molar-refractivity contribution in [3.05, 3.63) is 78.6 Å². The first-order valence-electron chi connectivity index (χ1n) is 8.28. The largest absolute Gasteiger partial charge is 0.486 e. The Kier molecular flexibility index (Phi) is 4.95. The number of halogens is 1. The van der Waals surface area contributed by atoms with Gasteiger partial charge in [-0.1, -0.05) is 68.5 Å². The number of aryl methyl sites for hydroxylation is 1. The Hall–Kier alpha value is -2.61. The molecule has 0 saturated heterocycles. The Labute approximate surface area is 142 Å². The van der Waals surface area contributed by atoms with Gasteiger partial charge in [0.05, 0.1) is 0 Å². The van der Waals surface area contributed by atoms with Crippen LogP contribution in [-0.2, 0) is 6.42 Å². The zero-order valence-electron chi connectivity index (χ0n) is 13.9. The average molecular weight is 320 g/mol.